The van der Waals surface area contributed by atoms with Crippen LogP contribution in [0.3, 0.4) is 0 Å². The van der Waals surface area contributed by atoms with Crippen molar-refractivity contribution in [3.05, 3.63) is 153 Å². The number of rotatable bonds is 10. The van der Waals surface area contributed by atoms with Gasteiger partial charge in [0.15, 0.2) is 5.49 Å². The summed E-state index contributed by atoms with van der Waals surface area (Å²) in [4.78, 5) is 39.4. The zero-order valence-electron chi connectivity index (χ0n) is 25.8. The number of carbonyl (C=O) groups excluding carboxylic acids is 1. The van der Waals surface area contributed by atoms with E-state index >= 15 is 0 Å². The van der Waals surface area contributed by atoms with Crippen LogP contribution in [0, 0.1) is 0 Å². The van der Waals surface area contributed by atoms with Crippen LogP contribution in [-0.4, -0.2) is 35.1 Å². The molecule has 2 N–H and O–H groups in total. The molecule has 0 aliphatic carbocycles. The first kappa shape index (κ1) is 31.3. The van der Waals surface area contributed by atoms with E-state index in [9.17, 15) is 9.59 Å². The van der Waals surface area contributed by atoms with Gasteiger partial charge in [0.05, 0.1) is 16.9 Å². The zero-order valence-corrected chi connectivity index (χ0v) is 25.8. The molecular weight excluding hydrogens is 596 g/mol. The summed E-state index contributed by atoms with van der Waals surface area (Å²) < 4.78 is 1.43. The molecule has 0 unspecified atom stereocenters. The largest absolute Gasteiger partial charge is 0.378 e. The maximum absolute atomic E-state index is 14.6. The van der Waals surface area contributed by atoms with Crippen molar-refractivity contribution in [2.24, 2.45) is 5.10 Å². The van der Waals surface area contributed by atoms with Crippen molar-refractivity contribution in [3.8, 4) is 16.8 Å². The number of carbonyl (C=O) groups is 1. The topological polar surface area (TPSA) is 117 Å². The third-order valence-electron chi connectivity index (χ3n) is 7.85. The van der Waals surface area contributed by atoms with E-state index in [1.54, 1.807) is 54.6 Å². The molecule has 0 saturated carbocycles. The fourth-order valence-corrected chi connectivity index (χ4v) is 5.46. The summed E-state index contributed by atoms with van der Waals surface area (Å²) >= 11 is 0. The molecule has 236 valence electrons. The van der Waals surface area contributed by atoms with Gasteiger partial charge < -0.3 is 4.90 Å². The van der Waals surface area contributed by atoms with Crippen LogP contribution in [0.25, 0.3) is 29.0 Å². The number of pyridine rings is 1. The van der Waals surface area contributed by atoms with E-state index in [2.05, 4.69) is 9.78 Å². The number of allylic oxidation sites excluding steroid dienone is 1. The Labute approximate surface area is 270 Å². The molecule has 0 fully saturated rings. The highest BCUT2D eigenvalue weighted by Gasteiger charge is 2.32. The molecular formula is C37H32N4O6. The summed E-state index contributed by atoms with van der Waals surface area (Å²) in [6.45, 7) is -0.0271. The average molecular weight is 629 g/mol. The van der Waals surface area contributed by atoms with Crippen molar-refractivity contribution in [2.75, 3.05) is 24.0 Å². The predicted octanol–water partition coefficient (Wildman–Crippen LogP) is 5.24. The van der Waals surface area contributed by atoms with Crippen LogP contribution in [0.4, 0.5) is 11.4 Å². The first-order valence-corrected chi connectivity index (χ1v) is 14.8. The van der Waals surface area contributed by atoms with Crippen LogP contribution >= 0.6 is 0 Å². The number of hydrogen-bond donors (Lipinski definition) is 2. The first-order valence-electron chi connectivity index (χ1n) is 14.8. The molecule has 1 aliphatic rings. The molecule has 2 heterocycles. The Morgan fingerprint density at radius 2 is 1.34 bits per heavy atom. The van der Waals surface area contributed by atoms with E-state index in [1.807, 2.05) is 85.7 Å². The fraction of sp³-hybridized carbons (Fsp3) is 0.108. The van der Waals surface area contributed by atoms with Crippen LogP contribution in [0.15, 0.2) is 119 Å². The van der Waals surface area contributed by atoms with Gasteiger partial charge in [0, 0.05) is 30.6 Å². The SMILES string of the molecule is CN(C)c1ccc(/C=C/C=c2/c(-c3ccccc3)c3c(n(-c4ccc(COO)cc4)c2=O)=NN(c2ccc(COO)cc2)C3=O)cc1. The lowest BCUT2D eigenvalue weighted by atomic mass is 9.97. The van der Waals surface area contributed by atoms with Crippen molar-refractivity contribution in [2.45, 2.75) is 13.2 Å². The Balaban J connectivity index is 1.59. The third-order valence-corrected chi connectivity index (χ3v) is 7.85. The van der Waals surface area contributed by atoms with E-state index in [4.69, 9.17) is 15.6 Å². The molecule has 0 radical (unpaired) electrons. The second-order valence-electron chi connectivity index (χ2n) is 11.1. The molecule has 1 aliphatic heterocycles. The number of fused-ring (bicyclic) bond motifs is 1. The Morgan fingerprint density at radius 3 is 1.91 bits per heavy atom. The number of benzene rings is 4. The summed E-state index contributed by atoms with van der Waals surface area (Å²) in [5.41, 5.74) is 5.64. The highest BCUT2D eigenvalue weighted by molar-refractivity contribution is 6.11. The van der Waals surface area contributed by atoms with E-state index in [1.165, 1.54) is 9.58 Å². The molecule has 47 heavy (non-hydrogen) atoms. The van der Waals surface area contributed by atoms with Gasteiger partial charge in [-0.1, -0.05) is 78.9 Å². The monoisotopic (exact) mass is 628 g/mol. The Kier molecular flexibility index (Phi) is 9.18. The molecule has 0 atom stereocenters. The highest BCUT2D eigenvalue weighted by Crippen LogP contribution is 2.26. The van der Waals surface area contributed by atoms with Crippen molar-refractivity contribution in [1.82, 2.24) is 4.57 Å². The van der Waals surface area contributed by atoms with Gasteiger partial charge in [-0.2, -0.15) is 5.01 Å². The quantitative estimate of drug-likeness (QED) is 0.161. The minimum Gasteiger partial charge on any atom is -0.378 e. The molecule has 10 heteroatoms. The van der Waals surface area contributed by atoms with E-state index in [0.717, 1.165) is 11.3 Å². The maximum atomic E-state index is 14.6. The summed E-state index contributed by atoms with van der Waals surface area (Å²) in [7, 11) is 3.96. The molecule has 1 amide bonds. The smallest absolute Gasteiger partial charge is 0.283 e. The molecule has 0 bridgehead atoms. The molecule has 0 saturated heterocycles. The van der Waals surface area contributed by atoms with Crippen LogP contribution in [-0.2, 0) is 23.0 Å². The number of amides is 1. The van der Waals surface area contributed by atoms with Crippen molar-refractivity contribution >= 4 is 29.4 Å². The van der Waals surface area contributed by atoms with Crippen molar-refractivity contribution in [1.29, 1.82) is 0 Å². The Morgan fingerprint density at radius 1 is 0.745 bits per heavy atom. The van der Waals surface area contributed by atoms with E-state index in [-0.39, 0.29) is 29.8 Å². The lowest BCUT2D eigenvalue weighted by Gasteiger charge is -2.14. The summed E-state index contributed by atoms with van der Waals surface area (Å²) in [5.74, 6) is -0.401. The molecule has 0 spiro atoms. The minimum atomic E-state index is -0.401. The number of hydrogen-bond acceptors (Lipinski definition) is 8. The van der Waals surface area contributed by atoms with Gasteiger partial charge in [-0.15, -0.1) is 5.10 Å². The summed E-state index contributed by atoms with van der Waals surface area (Å²) in [6.07, 6.45) is 5.45. The first-order chi connectivity index (χ1) is 22.9. The van der Waals surface area contributed by atoms with Gasteiger partial charge in [-0.05, 0) is 64.7 Å². The highest BCUT2D eigenvalue weighted by atomic mass is 17.1. The molecule has 6 rings (SSSR count). The predicted molar refractivity (Wildman–Crippen MR) is 181 cm³/mol. The Bertz CT molecular complexity index is 2110. The van der Waals surface area contributed by atoms with E-state index < -0.39 is 5.91 Å². The minimum absolute atomic E-state index is 0.00683. The van der Waals surface area contributed by atoms with Gasteiger partial charge in [-0.25, -0.2) is 9.78 Å². The second kappa shape index (κ2) is 13.8. The van der Waals surface area contributed by atoms with Gasteiger partial charge in [-0.3, -0.25) is 24.7 Å². The number of aromatic nitrogens is 1. The van der Waals surface area contributed by atoms with Crippen LogP contribution in [0.1, 0.15) is 27.0 Å². The number of anilines is 2. The van der Waals surface area contributed by atoms with Crippen molar-refractivity contribution in [3.63, 3.8) is 0 Å². The van der Waals surface area contributed by atoms with Crippen LogP contribution in [0.2, 0.25) is 0 Å². The number of nitrogens with zero attached hydrogens (tertiary/aromatic N) is 4. The fourth-order valence-electron chi connectivity index (χ4n) is 5.46. The Hall–Kier alpha value is -5.65. The molecule has 10 nitrogen and oxygen atoms in total. The second-order valence-corrected chi connectivity index (χ2v) is 11.1. The maximum Gasteiger partial charge on any atom is 0.283 e. The normalized spacial score (nSPS) is 12.9. The van der Waals surface area contributed by atoms with Crippen LogP contribution < -0.4 is 26.2 Å². The lowest BCUT2D eigenvalue weighted by molar-refractivity contribution is -0.253. The lowest BCUT2D eigenvalue weighted by Crippen LogP contribution is -2.44. The van der Waals surface area contributed by atoms with E-state index in [0.29, 0.717) is 38.8 Å². The van der Waals surface area contributed by atoms with Crippen LogP contribution in [0.5, 0.6) is 0 Å². The molecule has 1 aromatic heterocycles. The van der Waals surface area contributed by atoms with Gasteiger partial charge in [0.1, 0.15) is 13.2 Å². The van der Waals surface area contributed by atoms with Gasteiger partial charge >= 0.3 is 0 Å². The summed E-state index contributed by atoms with van der Waals surface area (Å²) in [5, 5.41) is 24.1. The standard InChI is InChI=1S/C37H32N4O6/c1-39(2)29-17-11-25(12-18-29)7-6-10-32-33(28-8-4-3-5-9-28)34-35(40(36(32)42)30-19-13-26(14-20-30)23-46-44)38-41(37(34)43)31-21-15-27(16-22-31)24-47-45/h3-22,44-45H,23-24H2,1-2H3/b7-6+,32-10-. The van der Waals surface area contributed by atoms with Gasteiger partial charge in [0.2, 0.25) is 0 Å². The average Bonchev–Trinajstić information content (AvgIpc) is 3.42. The zero-order chi connectivity index (χ0) is 32.9. The van der Waals surface area contributed by atoms with Crippen molar-refractivity contribution < 1.29 is 25.1 Å². The third kappa shape index (κ3) is 6.39. The van der Waals surface area contributed by atoms with Gasteiger partial charge in [0.25, 0.3) is 11.5 Å². The molecule has 4 aromatic carbocycles. The summed E-state index contributed by atoms with van der Waals surface area (Å²) in [6, 6.07) is 31.1. The molecule has 5 aromatic rings.